The molecule has 1 aromatic carbocycles. The van der Waals surface area contributed by atoms with Gasteiger partial charge in [0.05, 0.1) is 12.1 Å². The first-order chi connectivity index (χ1) is 11.5. The number of nitrogens with one attached hydrogen (secondary N) is 2. The van der Waals surface area contributed by atoms with Gasteiger partial charge in [-0.25, -0.2) is 9.79 Å². The van der Waals surface area contributed by atoms with Crippen LogP contribution in [0, 0.1) is 0 Å². The molecule has 0 saturated carbocycles. The number of hydrogen-bond donors (Lipinski definition) is 3. The lowest BCUT2D eigenvalue weighted by molar-refractivity contribution is -0.132. The maximum absolute atomic E-state index is 11.4. The number of amidine groups is 1. The van der Waals surface area contributed by atoms with Crippen molar-refractivity contribution in [3.63, 3.8) is 0 Å². The third-order valence-corrected chi connectivity index (χ3v) is 4.44. The Balaban J connectivity index is 1.77. The van der Waals surface area contributed by atoms with Crippen LogP contribution in [0.3, 0.4) is 0 Å². The van der Waals surface area contributed by atoms with E-state index in [9.17, 15) is 9.90 Å². The van der Waals surface area contributed by atoms with E-state index in [1.807, 2.05) is 24.3 Å². The van der Waals surface area contributed by atoms with Gasteiger partial charge in [-0.05, 0) is 35.9 Å². The average molecular weight is 350 g/mol. The Morgan fingerprint density at radius 3 is 2.58 bits per heavy atom. The smallest absolute Gasteiger partial charge is 0.337 e. The van der Waals surface area contributed by atoms with E-state index in [1.165, 1.54) is 0 Å². The highest BCUT2D eigenvalue weighted by Crippen LogP contribution is 2.23. The molecule has 7 nitrogen and oxygen atoms in total. The zero-order chi connectivity index (χ0) is 17.1. The quantitative estimate of drug-likeness (QED) is 0.712. The van der Waals surface area contributed by atoms with Crippen LogP contribution in [0.1, 0.15) is 0 Å². The molecule has 3 rings (SSSR count). The molecule has 0 bridgehead atoms. The molecule has 0 aromatic heterocycles. The van der Waals surface area contributed by atoms with E-state index in [-0.39, 0.29) is 23.2 Å². The van der Waals surface area contributed by atoms with E-state index < -0.39 is 5.97 Å². The Morgan fingerprint density at radius 1 is 1.29 bits per heavy atom. The zero-order valence-corrected chi connectivity index (χ0v) is 14.2. The molecule has 0 spiro atoms. The van der Waals surface area contributed by atoms with Gasteiger partial charge in [0.1, 0.15) is 5.82 Å². The molecule has 24 heavy (non-hydrogen) atoms. The van der Waals surface area contributed by atoms with Gasteiger partial charge in [-0.3, -0.25) is 0 Å². The number of anilines is 2. The number of carboxylic acids is 1. The lowest BCUT2D eigenvalue weighted by Gasteiger charge is -2.29. The number of carboxylic acid groups (broad SMARTS) is 1. The topological polar surface area (TPSA) is 80.2 Å². The molecule has 2 aliphatic heterocycles. The van der Waals surface area contributed by atoms with Gasteiger partial charge in [0.25, 0.3) is 0 Å². The Hall–Kier alpha value is -2.25. The first-order valence-electron chi connectivity index (χ1n) is 7.79. The number of aliphatic carboxylic acids is 1. The van der Waals surface area contributed by atoms with Crippen molar-refractivity contribution in [3.05, 3.63) is 35.7 Å². The molecule has 1 fully saturated rings. The molecule has 128 valence electrons. The zero-order valence-electron chi connectivity index (χ0n) is 13.4. The van der Waals surface area contributed by atoms with Gasteiger partial charge in [0.2, 0.25) is 5.29 Å². The van der Waals surface area contributed by atoms with Gasteiger partial charge >= 0.3 is 5.97 Å². The van der Waals surface area contributed by atoms with Crippen molar-refractivity contribution in [2.24, 2.45) is 4.99 Å². The lowest BCUT2D eigenvalue weighted by atomic mass is 10.2. The van der Waals surface area contributed by atoms with E-state index in [0.717, 1.165) is 37.6 Å². The van der Waals surface area contributed by atoms with Crippen LogP contribution in [0.15, 0.2) is 40.7 Å². The average Bonchev–Trinajstić information content (AvgIpc) is 2.59. The van der Waals surface area contributed by atoms with Crippen molar-refractivity contribution >= 4 is 34.2 Å². The van der Waals surface area contributed by atoms with Gasteiger partial charge in [0.15, 0.2) is 0 Å². The first-order valence-corrected chi connectivity index (χ1v) is 8.17. The van der Waals surface area contributed by atoms with E-state index in [4.69, 9.17) is 11.6 Å². The Bertz CT molecular complexity index is 680. The molecule has 1 saturated heterocycles. The maximum Gasteiger partial charge on any atom is 0.337 e. The molecule has 0 atom stereocenters. The summed E-state index contributed by atoms with van der Waals surface area (Å²) in [5.74, 6) is -0.727. The number of nitrogens with zero attached hydrogens (tertiary/aromatic N) is 3. The Morgan fingerprint density at radius 2 is 1.96 bits per heavy atom. The summed E-state index contributed by atoms with van der Waals surface area (Å²) in [4.78, 5) is 19.5. The minimum atomic E-state index is -1.00. The Labute approximate surface area is 145 Å². The summed E-state index contributed by atoms with van der Waals surface area (Å²) in [7, 11) is 1.70. The highest BCUT2D eigenvalue weighted by molar-refractivity contribution is 6.64. The minimum absolute atomic E-state index is 0.188. The summed E-state index contributed by atoms with van der Waals surface area (Å²) in [6, 6.07) is 7.89. The van der Waals surface area contributed by atoms with Crippen molar-refractivity contribution in [1.29, 1.82) is 0 Å². The second-order valence-electron chi connectivity index (χ2n) is 5.78. The van der Waals surface area contributed by atoms with Gasteiger partial charge in [-0.1, -0.05) is 0 Å². The third kappa shape index (κ3) is 3.63. The molecule has 8 heteroatoms. The molecular weight excluding hydrogens is 330 g/mol. The summed E-state index contributed by atoms with van der Waals surface area (Å²) < 4.78 is 0. The second kappa shape index (κ2) is 7.11. The van der Waals surface area contributed by atoms with Crippen molar-refractivity contribution in [2.75, 3.05) is 50.0 Å². The van der Waals surface area contributed by atoms with E-state index in [1.54, 1.807) is 11.9 Å². The molecule has 0 amide bonds. The largest absolute Gasteiger partial charge is 0.478 e. The molecule has 1 aromatic rings. The van der Waals surface area contributed by atoms with Crippen LogP contribution in [-0.2, 0) is 4.79 Å². The molecule has 0 radical (unpaired) electrons. The van der Waals surface area contributed by atoms with Crippen LogP contribution in [0.4, 0.5) is 11.4 Å². The molecule has 0 aliphatic carbocycles. The Kier molecular flexibility index (Phi) is 4.92. The fourth-order valence-corrected chi connectivity index (χ4v) is 2.85. The van der Waals surface area contributed by atoms with Gasteiger partial charge in [-0.15, -0.1) is 0 Å². The summed E-state index contributed by atoms with van der Waals surface area (Å²) in [6.45, 7) is 4.13. The fourth-order valence-electron chi connectivity index (χ4n) is 2.71. The number of halogens is 1. The number of aliphatic imine (C=N–C) groups is 1. The van der Waals surface area contributed by atoms with E-state index in [0.29, 0.717) is 0 Å². The summed E-state index contributed by atoms with van der Waals surface area (Å²) in [5, 5.41) is 16.0. The second-order valence-corrected chi connectivity index (χ2v) is 6.12. The van der Waals surface area contributed by atoms with Crippen LogP contribution >= 0.6 is 11.6 Å². The highest BCUT2D eigenvalue weighted by Gasteiger charge is 2.23. The molecule has 2 aliphatic rings. The number of carbonyl (C=O) groups is 1. The minimum Gasteiger partial charge on any atom is -0.478 e. The highest BCUT2D eigenvalue weighted by atomic mass is 35.5. The van der Waals surface area contributed by atoms with Crippen molar-refractivity contribution in [3.8, 4) is 0 Å². The van der Waals surface area contributed by atoms with Crippen LogP contribution < -0.4 is 15.5 Å². The number of benzene rings is 1. The van der Waals surface area contributed by atoms with Crippen LogP contribution in [0.2, 0.25) is 0 Å². The van der Waals surface area contributed by atoms with Crippen LogP contribution in [0.5, 0.6) is 0 Å². The number of rotatable bonds is 4. The van der Waals surface area contributed by atoms with E-state index in [2.05, 4.69) is 20.5 Å². The molecule has 3 N–H and O–H groups in total. The standard InChI is InChI=1S/C16H20ClN5O2/c1-21-10-13(15(23)24)14(20-16(21)17)19-11-2-4-12(5-3-11)22-8-6-18-7-9-22/h2-5,18-19H,6-10H2,1H3,(H,23,24). The maximum atomic E-state index is 11.4. The normalized spacial score (nSPS) is 18.5. The predicted molar refractivity (Wildman–Crippen MR) is 95.7 cm³/mol. The first kappa shape index (κ1) is 16.6. The third-order valence-electron chi connectivity index (χ3n) is 4.07. The summed E-state index contributed by atoms with van der Waals surface area (Å²) in [5.41, 5.74) is 2.12. The van der Waals surface area contributed by atoms with Gasteiger partial charge in [0, 0.05) is 44.6 Å². The monoisotopic (exact) mass is 349 g/mol. The van der Waals surface area contributed by atoms with Crippen molar-refractivity contribution in [2.45, 2.75) is 0 Å². The number of likely N-dealkylation sites (N-methyl/N-ethyl adjacent to an activating group) is 1. The van der Waals surface area contributed by atoms with Crippen LogP contribution in [0.25, 0.3) is 0 Å². The van der Waals surface area contributed by atoms with Crippen LogP contribution in [-0.4, -0.2) is 61.0 Å². The van der Waals surface area contributed by atoms with E-state index >= 15 is 0 Å². The predicted octanol–water partition coefficient (Wildman–Crippen LogP) is 1.34. The molecule has 0 unspecified atom stereocenters. The number of piperazine rings is 1. The SMILES string of the molecule is CN1CC(C(=O)O)=C(Nc2ccc(N3CCNCC3)cc2)N=C1Cl. The van der Waals surface area contributed by atoms with Gasteiger partial charge in [-0.2, -0.15) is 0 Å². The molecular formula is C16H20ClN5O2. The van der Waals surface area contributed by atoms with Crippen molar-refractivity contribution in [1.82, 2.24) is 10.2 Å². The summed E-state index contributed by atoms with van der Waals surface area (Å²) in [6.07, 6.45) is 0. The molecule has 2 heterocycles. The fraction of sp³-hybridized carbons (Fsp3) is 0.375. The number of hydrogen-bond acceptors (Lipinski definition) is 6. The van der Waals surface area contributed by atoms with Gasteiger partial charge < -0.3 is 25.5 Å². The summed E-state index contributed by atoms with van der Waals surface area (Å²) >= 11 is 6.02. The van der Waals surface area contributed by atoms with Crippen molar-refractivity contribution < 1.29 is 9.90 Å². The lowest BCUT2D eigenvalue weighted by Crippen LogP contribution is -2.43.